The fourth-order valence-corrected chi connectivity index (χ4v) is 3.68. The van der Waals surface area contributed by atoms with E-state index < -0.39 is 0 Å². The van der Waals surface area contributed by atoms with E-state index in [1.54, 1.807) is 0 Å². The molecule has 0 saturated heterocycles. The summed E-state index contributed by atoms with van der Waals surface area (Å²) in [5, 5.41) is 10.2. The van der Waals surface area contributed by atoms with Gasteiger partial charge in [0, 0.05) is 16.7 Å². The highest BCUT2D eigenvalue weighted by Gasteiger charge is 2.16. The lowest BCUT2D eigenvalue weighted by molar-refractivity contribution is 0.171. The van der Waals surface area contributed by atoms with Crippen LogP contribution in [0.1, 0.15) is 12.5 Å². The molecule has 0 bridgehead atoms. The highest BCUT2D eigenvalue weighted by atomic mass is 35.5. The highest BCUT2D eigenvalue weighted by Crippen LogP contribution is 2.41. The van der Waals surface area contributed by atoms with E-state index in [0.29, 0.717) is 30.6 Å². The third-order valence-corrected chi connectivity index (χ3v) is 5.11. The molecule has 1 aliphatic heterocycles. The van der Waals surface area contributed by atoms with Crippen LogP contribution in [0.3, 0.4) is 0 Å². The second kappa shape index (κ2) is 8.13. The average Bonchev–Trinajstić information content (AvgIpc) is 2.74. The smallest absolute Gasteiger partial charge is 0.161 e. The Morgan fingerprint density at radius 3 is 2.32 bits per heavy atom. The molecule has 3 aromatic rings. The zero-order valence-electron chi connectivity index (χ0n) is 15.6. The summed E-state index contributed by atoms with van der Waals surface area (Å²) in [5.74, 6) is 2.16. The number of hydrogen-bond acceptors (Lipinski definition) is 4. The molecule has 4 rings (SSSR count). The van der Waals surface area contributed by atoms with Crippen molar-refractivity contribution in [3.8, 4) is 39.5 Å². The van der Waals surface area contributed by atoms with Crippen molar-refractivity contribution in [1.29, 1.82) is 0 Å². The Morgan fingerprint density at radius 2 is 1.61 bits per heavy atom. The maximum absolute atomic E-state index is 9.52. The monoisotopic (exact) mass is 396 g/mol. The molecular weight excluding hydrogens is 376 g/mol. The second-order valence-corrected chi connectivity index (χ2v) is 6.82. The zero-order valence-corrected chi connectivity index (χ0v) is 16.3. The van der Waals surface area contributed by atoms with Gasteiger partial charge in [-0.25, -0.2) is 0 Å². The van der Waals surface area contributed by atoms with Crippen LogP contribution in [-0.2, 0) is 6.61 Å². The third kappa shape index (κ3) is 3.53. The van der Waals surface area contributed by atoms with Gasteiger partial charge in [-0.2, -0.15) is 0 Å². The van der Waals surface area contributed by atoms with Crippen molar-refractivity contribution in [3.63, 3.8) is 0 Å². The molecule has 0 aromatic heterocycles. The largest absolute Gasteiger partial charge is 0.493 e. The minimum atomic E-state index is -0.0689. The lowest BCUT2D eigenvalue weighted by atomic mass is 9.97. The summed E-state index contributed by atoms with van der Waals surface area (Å²) in [7, 11) is 0. The Bertz CT molecular complexity index is 1000. The molecule has 0 spiro atoms. The fourth-order valence-electron chi connectivity index (χ4n) is 3.33. The average molecular weight is 397 g/mol. The van der Waals surface area contributed by atoms with Gasteiger partial charge in [0.05, 0.1) is 18.2 Å². The maximum atomic E-state index is 9.52. The van der Waals surface area contributed by atoms with Crippen LogP contribution in [0, 0.1) is 0 Å². The van der Waals surface area contributed by atoms with Gasteiger partial charge in [-0.05, 0) is 36.2 Å². The Morgan fingerprint density at radius 1 is 0.929 bits per heavy atom. The SMILES string of the molecule is CCOc1cc(-c2cccc(-c3ccc4c(c3)OCCO4)c2Cl)ccc1CO. The molecule has 0 amide bonds. The normalized spacial score (nSPS) is 12.7. The number of ether oxygens (including phenoxy) is 3. The molecule has 0 aliphatic carbocycles. The summed E-state index contributed by atoms with van der Waals surface area (Å²) in [4.78, 5) is 0. The van der Waals surface area contributed by atoms with E-state index in [4.69, 9.17) is 25.8 Å². The molecule has 0 saturated carbocycles. The molecular formula is C23H21ClO4. The van der Waals surface area contributed by atoms with Gasteiger partial charge in [0.25, 0.3) is 0 Å². The quantitative estimate of drug-likeness (QED) is 0.632. The first kappa shape index (κ1) is 18.7. The number of fused-ring (bicyclic) bond motifs is 1. The molecule has 3 aromatic carbocycles. The van der Waals surface area contributed by atoms with Crippen LogP contribution in [0.5, 0.6) is 17.2 Å². The summed E-state index contributed by atoms with van der Waals surface area (Å²) in [5.41, 5.74) is 4.47. The number of halogens is 1. The molecule has 1 aliphatic rings. The van der Waals surface area contributed by atoms with Crippen LogP contribution in [0.2, 0.25) is 5.02 Å². The number of hydrogen-bond donors (Lipinski definition) is 1. The van der Waals surface area contributed by atoms with Crippen LogP contribution >= 0.6 is 11.6 Å². The zero-order chi connectivity index (χ0) is 19.5. The van der Waals surface area contributed by atoms with Crippen molar-refractivity contribution in [1.82, 2.24) is 0 Å². The van der Waals surface area contributed by atoms with Crippen molar-refractivity contribution in [2.45, 2.75) is 13.5 Å². The van der Waals surface area contributed by atoms with E-state index in [2.05, 4.69) is 0 Å². The van der Waals surface area contributed by atoms with Gasteiger partial charge < -0.3 is 19.3 Å². The first-order valence-electron chi connectivity index (χ1n) is 9.26. The van der Waals surface area contributed by atoms with Gasteiger partial charge in [-0.1, -0.05) is 48.0 Å². The van der Waals surface area contributed by atoms with E-state index in [0.717, 1.165) is 39.3 Å². The Hall–Kier alpha value is -2.69. The molecule has 1 N–H and O–H groups in total. The van der Waals surface area contributed by atoms with E-state index in [-0.39, 0.29) is 6.61 Å². The summed E-state index contributed by atoms with van der Waals surface area (Å²) < 4.78 is 17.0. The Balaban J connectivity index is 1.76. The Kier molecular flexibility index (Phi) is 5.42. The van der Waals surface area contributed by atoms with Crippen LogP contribution in [0.25, 0.3) is 22.3 Å². The molecule has 0 fully saturated rings. The van der Waals surface area contributed by atoms with E-state index >= 15 is 0 Å². The lowest BCUT2D eigenvalue weighted by Gasteiger charge is -2.19. The first-order valence-corrected chi connectivity index (χ1v) is 9.64. The van der Waals surface area contributed by atoms with Gasteiger partial charge in [-0.3, -0.25) is 0 Å². The van der Waals surface area contributed by atoms with E-state index in [1.165, 1.54) is 0 Å². The van der Waals surface area contributed by atoms with Gasteiger partial charge >= 0.3 is 0 Å². The highest BCUT2D eigenvalue weighted by molar-refractivity contribution is 6.36. The molecule has 0 radical (unpaired) electrons. The van der Waals surface area contributed by atoms with Gasteiger partial charge in [0.2, 0.25) is 0 Å². The molecule has 28 heavy (non-hydrogen) atoms. The summed E-state index contributed by atoms with van der Waals surface area (Å²) in [6.45, 7) is 3.49. The number of rotatable bonds is 5. The van der Waals surface area contributed by atoms with Gasteiger partial charge in [0.1, 0.15) is 19.0 Å². The third-order valence-electron chi connectivity index (χ3n) is 4.70. The molecule has 5 heteroatoms. The van der Waals surface area contributed by atoms with Crippen LogP contribution in [0.15, 0.2) is 54.6 Å². The van der Waals surface area contributed by atoms with E-state index in [1.807, 2.05) is 61.5 Å². The predicted octanol–water partition coefficient (Wildman–Crippen LogP) is 5.34. The van der Waals surface area contributed by atoms with Gasteiger partial charge in [0.15, 0.2) is 11.5 Å². The second-order valence-electron chi connectivity index (χ2n) is 6.44. The molecule has 144 valence electrons. The van der Waals surface area contributed by atoms with Crippen molar-refractivity contribution in [3.05, 3.63) is 65.2 Å². The molecule has 1 heterocycles. The molecule has 0 unspecified atom stereocenters. The first-order chi connectivity index (χ1) is 13.7. The van der Waals surface area contributed by atoms with Crippen molar-refractivity contribution >= 4 is 11.6 Å². The van der Waals surface area contributed by atoms with Crippen LogP contribution in [0.4, 0.5) is 0 Å². The fraction of sp³-hybridized carbons (Fsp3) is 0.217. The maximum Gasteiger partial charge on any atom is 0.161 e. The van der Waals surface area contributed by atoms with Crippen molar-refractivity contribution in [2.24, 2.45) is 0 Å². The minimum absolute atomic E-state index is 0.0689. The standard InChI is InChI=1S/C23H21ClO4/c1-2-26-21-12-15(6-7-17(21)14-25)18-4-3-5-19(23(18)24)16-8-9-20-22(13-16)28-11-10-27-20/h3-9,12-13,25H,2,10-11,14H2,1H3. The van der Waals surface area contributed by atoms with Crippen LogP contribution in [-0.4, -0.2) is 24.9 Å². The number of aliphatic hydroxyl groups excluding tert-OH is 1. The lowest BCUT2D eigenvalue weighted by Crippen LogP contribution is -2.15. The predicted molar refractivity (Wildman–Crippen MR) is 110 cm³/mol. The molecule has 0 atom stereocenters. The molecule has 4 nitrogen and oxygen atoms in total. The summed E-state index contributed by atoms with van der Waals surface area (Å²) in [6, 6.07) is 17.5. The number of benzene rings is 3. The van der Waals surface area contributed by atoms with Crippen LogP contribution < -0.4 is 14.2 Å². The Labute approximate surface area is 169 Å². The minimum Gasteiger partial charge on any atom is -0.493 e. The summed E-state index contributed by atoms with van der Waals surface area (Å²) >= 11 is 6.80. The van der Waals surface area contributed by atoms with Crippen molar-refractivity contribution in [2.75, 3.05) is 19.8 Å². The topological polar surface area (TPSA) is 47.9 Å². The van der Waals surface area contributed by atoms with Gasteiger partial charge in [-0.15, -0.1) is 0 Å². The van der Waals surface area contributed by atoms with Crippen molar-refractivity contribution < 1.29 is 19.3 Å². The number of aliphatic hydroxyl groups is 1. The van der Waals surface area contributed by atoms with E-state index in [9.17, 15) is 5.11 Å². The summed E-state index contributed by atoms with van der Waals surface area (Å²) in [6.07, 6.45) is 0.